The number of hydrogen-bond acceptors (Lipinski definition) is 6. The molecule has 0 bridgehead atoms. The number of ether oxygens (including phenoxy) is 1. The number of nitrogens with zero attached hydrogens (tertiary/aromatic N) is 2. The van der Waals surface area contributed by atoms with Gasteiger partial charge in [0.25, 0.3) is 0 Å². The van der Waals surface area contributed by atoms with Crippen molar-refractivity contribution in [3.05, 3.63) is 62.4 Å². The number of carbonyl (C=O) groups is 2. The van der Waals surface area contributed by atoms with E-state index in [-0.39, 0.29) is 16.3 Å². The predicted molar refractivity (Wildman–Crippen MR) is 87.3 cm³/mol. The van der Waals surface area contributed by atoms with Crippen molar-refractivity contribution in [1.29, 1.82) is 5.26 Å². The van der Waals surface area contributed by atoms with E-state index in [1.807, 2.05) is 0 Å². The molecule has 0 aliphatic heterocycles. The average molecular weight is 395 g/mol. The molecular weight excluding hydrogens is 387 g/mol. The summed E-state index contributed by atoms with van der Waals surface area (Å²) in [5, 5.41) is 38.1. The summed E-state index contributed by atoms with van der Waals surface area (Å²) in [6, 6.07) is 6.69. The standard InChI is InChI=1S/C16H8ClFN2O7/c17-8-3-7(6-19)4-9(5-8)27-14-11(20(25)26)2-1-10(13(14)18)12(15(21)22)16(23)24/h1-5,12H,(H,21,22)(H,23,24). The molecule has 0 saturated heterocycles. The fourth-order valence-corrected chi connectivity index (χ4v) is 2.43. The molecule has 0 spiro atoms. The van der Waals surface area contributed by atoms with Crippen LogP contribution in [0.25, 0.3) is 0 Å². The van der Waals surface area contributed by atoms with Crippen molar-refractivity contribution in [3.8, 4) is 17.6 Å². The maximum Gasteiger partial charge on any atom is 0.322 e. The molecule has 0 amide bonds. The molecule has 27 heavy (non-hydrogen) atoms. The van der Waals surface area contributed by atoms with E-state index in [1.54, 1.807) is 6.07 Å². The molecule has 0 aliphatic carbocycles. The van der Waals surface area contributed by atoms with Gasteiger partial charge in [0.2, 0.25) is 5.75 Å². The summed E-state index contributed by atoms with van der Waals surface area (Å²) < 4.78 is 19.9. The van der Waals surface area contributed by atoms with Crippen LogP contribution in [0.4, 0.5) is 10.1 Å². The number of nitro benzene ring substituents is 1. The molecule has 0 unspecified atom stereocenters. The highest BCUT2D eigenvalue weighted by Crippen LogP contribution is 2.38. The maximum atomic E-state index is 14.8. The minimum atomic E-state index is -2.30. The second kappa shape index (κ2) is 7.67. The van der Waals surface area contributed by atoms with Gasteiger partial charge in [0, 0.05) is 16.7 Å². The van der Waals surface area contributed by atoms with Crippen LogP contribution >= 0.6 is 11.6 Å². The van der Waals surface area contributed by atoms with E-state index < -0.39 is 45.6 Å². The second-order valence-corrected chi connectivity index (χ2v) is 5.51. The highest BCUT2D eigenvalue weighted by atomic mass is 35.5. The molecule has 0 heterocycles. The lowest BCUT2D eigenvalue weighted by Gasteiger charge is -2.13. The summed E-state index contributed by atoms with van der Waals surface area (Å²) in [4.78, 5) is 32.4. The Morgan fingerprint density at radius 3 is 2.41 bits per heavy atom. The van der Waals surface area contributed by atoms with Crippen LogP contribution in [-0.2, 0) is 9.59 Å². The molecule has 0 radical (unpaired) electrons. The van der Waals surface area contributed by atoms with Crippen LogP contribution in [0.15, 0.2) is 30.3 Å². The molecule has 9 nitrogen and oxygen atoms in total. The molecule has 0 aromatic heterocycles. The number of nitriles is 1. The van der Waals surface area contributed by atoms with Crippen molar-refractivity contribution >= 4 is 29.2 Å². The molecule has 2 rings (SSSR count). The van der Waals surface area contributed by atoms with Crippen molar-refractivity contribution in [2.75, 3.05) is 0 Å². The van der Waals surface area contributed by atoms with Crippen molar-refractivity contribution in [2.24, 2.45) is 0 Å². The Balaban J connectivity index is 2.66. The summed E-state index contributed by atoms with van der Waals surface area (Å²) in [6.45, 7) is 0. The molecule has 0 fully saturated rings. The molecule has 11 heteroatoms. The molecule has 0 saturated carbocycles. The first kappa shape index (κ1) is 19.6. The lowest BCUT2D eigenvalue weighted by atomic mass is 9.98. The fraction of sp³-hybridized carbons (Fsp3) is 0.0625. The molecule has 138 valence electrons. The van der Waals surface area contributed by atoms with Crippen molar-refractivity contribution in [2.45, 2.75) is 5.92 Å². The zero-order valence-corrected chi connectivity index (χ0v) is 13.8. The van der Waals surface area contributed by atoms with Crippen molar-refractivity contribution in [1.82, 2.24) is 0 Å². The molecule has 0 atom stereocenters. The first-order valence-electron chi connectivity index (χ1n) is 6.96. The van der Waals surface area contributed by atoms with E-state index in [9.17, 15) is 24.1 Å². The van der Waals surface area contributed by atoms with Gasteiger partial charge in [0.1, 0.15) is 5.75 Å². The van der Waals surface area contributed by atoms with Gasteiger partial charge in [-0.15, -0.1) is 0 Å². The molecular formula is C16H8ClFN2O7. The molecule has 2 N–H and O–H groups in total. The monoisotopic (exact) mass is 394 g/mol. The largest absolute Gasteiger partial charge is 0.480 e. The smallest absolute Gasteiger partial charge is 0.322 e. The minimum absolute atomic E-state index is 0.0191. The van der Waals surface area contributed by atoms with Gasteiger partial charge >= 0.3 is 17.6 Å². The van der Waals surface area contributed by atoms with Crippen molar-refractivity contribution < 1.29 is 33.9 Å². The summed E-state index contributed by atoms with van der Waals surface area (Å²) >= 11 is 5.79. The van der Waals surface area contributed by atoms with Crippen molar-refractivity contribution in [3.63, 3.8) is 0 Å². The number of benzene rings is 2. The number of carboxylic acids is 2. The highest BCUT2D eigenvalue weighted by molar-refractivity contribution is 6.30. The maximum absolute atomic E-state index is 14.8. The van der Waals surface area contributed by atoms with Gasteiger partial charge in [-0.1, -0.05) is 11.6 Å². The Labute approximate surface area is 154 Å². The summed E-state index contributed by atoms with van der Waals surface area (Å²) in [7, 11) is 0. The van der Waals surface area contributed by atoms with Gasteiger partial charge in [0.05, 0.1) is 16.6 Å². The number of rotatable bonds is 6. The topological polar surface area (TPSA) is 151 Å². The molecule has 2 aromatic rings. The van der Waals surface area contributed by atoms with Gasteiger partial charge in [-0.3, -0.25) is 19.7 Å². The zero-order chi connectivity index (χ0) is 20.3. The Morgan fingerprint density at radius 1 is 1.26 bits per heavy atom. The second-order valence-electron chi connectivity index (χ2n) is 5.07. The number of halogens is 2. The number of nitro groups is 1. The van der Waals surface area contributed by atoms with E-state index in [1.165, 1.54) is 6.07 Å². The Hall–Kier alpha value is -3.71. The van der Waals surface area contributed by atoms with Crippen LogP contribution in [0.1, 0.15) is 17.0 Å². The third-order valence-corrected chi connectivity index (χ3v) is 3.55. The van der Waals surface area contributed by atoms with Gasteiger partial charge in [-0.2, -0.15) is 5.26 Å². The summed E-state index contributed by atoms with van der Waals surface area (Å²) in [5.74, 6) is -8.80. The molecule has 0 aliphatic rings. The lowest BCUT2D eigenvalue weighted by molar-refractivity contribution is -0.385. The van der Waals surface area contributed by atoms with Crippen LogP contribution in [0.3, 0.4) is 0 Å². The van der Waals surface area contributed by atoms with E-state index in [0.29, 0.717) is 6.07 Å². The number of hydrogen-bond donors (Lipinski definition) is 2. The summed E-state index contributed by atoms with van der Waals surface area (Å²) in [5.41, 5.74) is -1.69. The highest BCUT2D eigenvalue weighted by Gasteiger charge is 2.35. The number of aliphatic carboxylic acids is 2. The Kier molecular flexibility index (Phi) is 5.57. The van der Waals surface area contributed by atoms with E-state index in [2.05, 4.69) is 0 Å². The van der Waals surface area contributed by atoms with Crippen LogP contribution < -0.4 is 4.74 Å². The number of carboxylic acid groups (broad SMARTS) is 2. The first-order valence-corrected chi connectivity index (χ1v) is 7.34. The third kappa shape index (κ3) is 4.10. The van der Waals surface area contributed by atoms with Crippen LogP contribution in [0, 0.1) is 27.3 Å². The summed E-state index contributed by atoms with van der Waals surface area (Å²) in [6.07, 6.45) is 0. The van der Waals surface area contributed by atoms with E-state index >= 15 is 0 Å². The zero-order valence-electron chi connectivity index (χ0n) is 13.1. The first-order chi connectivity index (χ1) is 12.6. The fourth-order valence-electron chi connectivity index (χ4n) is 2.20. The van der Waals surface area contributed by atoms with E-state index in [4.69, 9.17) is 31.8 Å². The van der Waals surface area contributed by atoms with Gasteiger partial charge < -0.3 is 14.9 Å². The quantitative estimate of drug-likeness (QED) is 0.430. The SMILES string of the molecule is N#Cc1cc(Cl)cc(Oc2c([N+](=O)[O-])ccc(C(C(=O)O)C(=O)O)c2F)c1. The third-order valence-electron chi connectivity index (χ3n) is 3.33. The van der Waals surface area contributed by atoms with Gasteiger partial charge in [0.15, 0.2) is 11.7 Å². The molecule has 2 aromatic carbocycles. The predicted octanol–water partition coefficient (Wildman–Crippen LogP) is 3.30. The average Bonchev–Trinajstić information content (AvgIpc) is 2.56. The lowest BCUT2D eigenvalue weighted by Crippen LogP contribution is -2.22. The Morgan fingerprint density at radius 2 is 1.89 bits per heavy atom. The van der Waals surface area contributed by atoms with Crippen LogP contribution in [0.5, 0.6) is 11.5 Å². The van der Waals surface area contributed by atoms with E-state index in [0.717, 1.165) is 18.2 Å². The minimum Gasteiger partial charge on any atom is -0.480 e. The van der Waals surface area contributed by atoms with Crippen LogP contribution in [0.2, 0.25) is 5.02 Å². The Bertz CT molecular complexity index is 989. The van der Waals surface area contributed by atoms with Gasteiger partial charge in [-0.25, -0.2) is 4.39 Å². The van der Waals surface area contributed by atoms with Crippen LogP contribution in [-0.4, -0.2) is 27.1 Å². The van der Waals surface area contributed by atoms with Gasteiger partial charge in [-0.05, 0) is 24.3 Å². The normalized spacial score (nSPS) is 10.3.